The Bertz CT molecular complexity index is 307. The minimum absolute atomic E-state index is 0.114. The molecule has 0 aliphatic rings. The van der Waals surface area contributed by atoms with Crippen LogP contribution in [0, 0.1) is 0 Å². The van der Waals surface area contributed by atoms with Crippen molar-refractivity contribution in [2.24, 2.45) is 16.5 Å². The fourth-order valence-corrected chi connectivity index (χ4v) is 0.900. The van der Waals surface area contributed by atoms with Gasteiger partial charge in [0.15, 0.2) is 0 Å². The van der Waals surface area contributed by atoms with E-state index in [1.54, 1.807) is 6.92 Å². The second kappa shape index (κ2) is 6.22. The van der Waals surface area contributed by atoms with Crippen LogP contribution < -0.4 is 11.5 Å². The van der Waals surface area contributed by atoms with Crippen molar-refractivity contribution in [2.45, 2.75) is 32.2 Å². The minimum atomic E-state index is -1.33. The number of nitrogens with zero attached hydrogens (tertiary/aromatic N) is 1. The molecule has 0 heterocycles. The lowest BCUT2D eigenvalue weighted by atomic mass is 9.97. The molecule has 1 atom stereocenters. The summed E-state index contributed by atoms with van der Waals surface area (Å²) in [7, 11) is 0. The van der Waals surface area contributed by atoms with Crippen LogP contribution >= 0.6 is 0 Å². The van der Waals surface area contributed by atoms with Crippen molar-refractivity contribution < 1.29 is 14.3 Å². The summed E-state index contributed by atoms with van der Waals surface area (Å²) in [5.41, 5.74) is 9.38. The van der Waals surface area contributed by atoms with Crippen LogP contribution in [-0.4, -0.2) is 29.0 Å². The molecule has 16 heavy (non-hydrogen) atoms. The molecule has 92 valence electrons. The number of nitrogens with two attached hydrogens (primary N) is 2. The van der Waals surface area contributed by atoms with Crippen LogP contribution in [0.2, 0.25) is 0 Å². The van der Waals surface area contributed by atoms with Crippen LogP contribution in [0.5, 0.6) is 0 Å². The number of carbonyl (C=O) groups is 1. The molecule has 0 aromatic carbocycles. The summed E-state index contributed by atoms with van der Waals surface area (Å²) >= 11 is 0. The molecule has 6 heteroatoms. The maximum atomic E-state index is 13.0. The number of aliphatic imine (C=N–C) groups is 1. The van der Waals surface area contributed by atoms with E-state index in [4.69, 9.17) is 16.6 Å². The number of halogens is 1. The molecule has 0 saturated carbocycles. The van der Waals surface area contributed by atoms with Crippen LogP contribution in [-0.2, 0) is 4.79 Å². The Hall–Kier alpha value is -1.43. The molecule has 0 aliphatic carbocycles. The van der Waals surface area contributed by atoms with Gasteiger partial charge in [-0.05, 0) is 26.7 Å². The smallest absolute Gasteiger partial charge is 0.323 e. The maximum absolute atomic E-state index is 13.0. The van der Waals surface area contributed by atoms with E-state index in [1.807, 2.05) is 0 Å². The third-order valence-electron chi connectivity index (χ3n) is 2.00. The standard InChI is InChI=1S/C10H18FN3O2/c1-7(12)14-6-8(11)4-3-5-10(2,13)9(15)16/h4H,3,5-6,13H2,1-2H3,(H2,12,14)(H,15,16)/t10-/m1/s1. The molecular weight excluding hydrogens is 213 g/mol. The van der Waals surface area contributed by atoms with E-state index in [1.165, 1.54) is 13.0 Å². The highest BCUT2D eigenvalue weighted by molar-refractivity contribution is 5.78. The topological polar surface area (TPSA) is 102 Å². The Morgan fingerprint density at radius 3 is 2.62 bits per heavy atom. The van der Waals surface area contributed by atoms with Crippen molar-refractivity contribution in [3.05, 3.63) is 11.9 Å². The number of hydrogen-bond acceptors (Lipinski definition) is 3. The number of carboxylic acids is 1. The highest BCUT2D eigenvalue weighted by atomic mass is 19.1. The fourth-order valence-electron chi connectivity index (χ4n) is 0.900. The van der Waals surface area contributed by atoms with Gasteiger partial charge < -0.3 is 16.6 Å². The molecule has 0 spiro atoms. The van der Waals surface area contributed by atoms with Crippen molar-refractivity contribution in [3.63, 3.8) is 0 Å². The summed E-state index contributed by atoms with van der Waals surface area (Å²) in [5, 5.41) is 8.70. The molecule has 0 aromatic heterocycles. The minimum Gasteiger partial charge on any atom is -0.480 e. The second-order valence-electron chi connectivity index (χ2n) is 3.87. The van der Waals surface area contributed by atoms with Gasteiger partial charge in [0.05, 0.1) is 12.4 Å². The summed E-state index contributed by atoms with van der Waals surface area (Å²) in [6, 6.07) is 0. The Labute approximate surface area is 94.0 Å². The molecule has 5 nitrogen and oxygen atoms in total. The average molecular weight is 231 g/mol. The predicted molar refractivity (Wildman–Crippen MR) is 60.8 cm³/mol. The van der Waals surface area contributed by atoms with Crippen molar-refractivity contribution in [1.82, 2.24) is 0 Å². The van der Waals surface area contributed by atoms with Crippen LogP contribution in [0.1, 0.15) is 26.7 Å². The van der Waals surface area contributed by atoms with Crippen LogP contribution in [0.3, 0.4) is 0 Å². The van der Waals surface area contributed by atoms with Gasteiger partial charge >= 0.3 is 5.97 Å². The molecule has 0 bridgehead atoms. The number of amidine groups is 1. The van der Waals surface area contributed by atoms with E-state index in [-0.39, 0.29) is 19.4 Å². The summed E-state index contributed by atoms with van der Waals surface area (Å²) in [5.74, 6) is -1.24. The first-order valence-corrected chi connectivity index (χ1v) is 4.89. The van der Waals surface area contributed by atoms with E-state index in [0.717, 1.165) is 0 Å². The lowest BCUT2D eigenvalue weighted by Gasteiger charge is -2.17. The average Bonchev–Trinajstić information content (AvgIpc) is 2.14. The van der Waals surface area contributed by atoms with Gasteiger partial charge in [-0.1, -0.05) is 6.08 Å². The van der Waals surface area contributed by atoms with E-state index >= 15 is 0 Å². The Morgan fingerprint density at radius 1 is 1.62 bits per heavy atom. The molecule has 0 aromatic rings. The second-order valence-corrected chi connectivity index (χ2v) is 3.87. The highest BCUT2D eigenvalue weighted by Crippen LogP contribution is 2.11. The number of hydrogen-bond donors (Lipinski definition) is 3. The number of rotatable bonds is 6. The van der Waals surface area contributed by atoms with Gasteiger partial charge in [-0.2, -0.15) is 0 Å². The Kier molecular flexibility index (Phi) is 5.66. The SMILES string of the molecule is CC(N)=NCC(F)=CCC[C@@](C)(N)C(=O)O. The summed E-state index contributed by atoms with van der Waals surface area (Å²) in [4.78, 5) is 14.3. The quantitative estimate of drug-likeness (QED) is 0.464. The first-order chi connectivity index (χ1) is 7.25. The fraction of sp³-hybridized carbons (Fsp3) is 0.600. The zero-order valence-corrected chi connectivity index (χ0v) is 9.53. The molecule has 0 unspecified atom stereocenters. The van der Waals surface area contributed by atoms with E-state index < -0.39 is 17.3 Å². The molecule has 0 amide bonds. The lowest BCUT2D eigenvalue weighted by Crippen LogP contribution is -2.44. The van der Waals surface area contributed by atoms with Crippen molar-refractivity contribution in [3.8, 4) is 0 Å². The number of aliphatic carboxylic acids is 1. The normalized spacial score (nSPS) is 17.0. The molecular formula is C10H18FN3O2. The van der Waals surface area contributed by atoms with Gasteiger partial charge in [0.25, 0.3) is 0 Å². The first-order valence-electron chi connectivity index (χ1n) is 4.89. The van der Waals surface area contributed by atoms with Gasteiger partial charge in [-0.3, -0.25) is 9.79 Å². The monoisotopic (exact) mass is 231 g/mol. The van der Waals surface area contributed by atoms with Crippen molar-refractivity contribution in [2.75, 3.05) is 6.54 Å². The summed E-state index contributed by atoms with van der Waals surface area (Å²) in [6.07, 6.45) is 1.70. The third kappa shape index (κ3) is 6.13. The predicted octanol–water partition coefficient (Wildman–Crippen LogP) is 0.799. The van der Waals surface area contributed by atoms with Crippen molar-refractivity contribution in [1.29, 1.82) is 0 Å². The number of allylic oxidation sites excluding steroid dienone is 1. The molecule has 0 saturated heterocycles. The van der Waals surface area contributed by atoms with Crippen LogP contribution in [0.4, 0.5) is 4.39 Å². The lowest BCUT2D eigenvalue weighted by molar-refractivity contribution is -0.142. The third-order valence-corrected chi connectivity index (χ3v) is 2.00. The largest absolute Gasteiger partial charge is 0.480 e. The summed E-state index contributed by atoms with van der Waals surface area (Å²) in [6.45, 7) is 2.84. The Balaban J connectivity index is 4.10. The van der Waals surface area contributed by atoms with Crippen molar-refractivity contribution >= 4 is 11.8 Å². The molecule has 0 aliphatic heterocycles. The molecule has 5 N–H and O–H groups in total. The van der Waals surface area contributed by atoms with Gasteiger partial charge in [0, 0.05) is 0 Å². The van der Waals surface area contributed by atoms with E-state index in [9.17, 15) is 9.18 Å². The van der Waals surface area contributed by atoms with Gasteiger partial charge in [-0.15, -0.1) is 0 Å². The maximum Gasteiger partial charge on any atom is 0.323 e. The molecule has 0 fully saturated rings. The van der Waals surface area contributed by atoms with Crippen LogP contribution in [0.25, 0.3) is 0 Å². The first kappa shape index (κ1) is 14.6. The molecule has 0 radical (unpaired) electrons. The van der Waals surface area contributed by atoms with Gasteiger partial charge in [0.1, 0.15) is 11.4 Å². The zero-order valence-electron chi connectivity index (χ0n) is 9.53. The van der Waals surface area contributed by atoms with E-state index in [0.29, 0.717) is 5.84 Å². The van der Waals surface area contributed by atoms with E-state index in [2.05, 4.69) is 4.99 Å². The van der Waals surface area contributed by atoms with Gasteiger partial charge in [0.2, 0.25) is 0 Å². The van der Waals surface area contributed by atoms with Crippen LogP contribution in [0.15, 0.2) is 16.9 Å². The highest BCUT2D eigenvalue weighted by Gasteiger charge is 2.26. The zero-order chi connectivity index (χ0) is 12.8. The number of carboxylic acid groups (broad SMARTS) is 1. The summed E-state index contributed by atoms with van der Waals surface area (Å²) < 4.78 is 13.0. The van der Waals surface area contributed by atoms with Gasteiger partial charge in [-0.25, -0.2) is 4.39 Å². The molecule has 0 rings (SSSR count). The Morgan fingerprint density at radius 2 is 2.19 bits per heavy atom.